The topological polar surface area (TPSA) is 36.3 Å². The molecule has 0 radical (unpaired) electrons. The number of imidazole rings is 1. The number of fused-ring (bicyclic) bond motifs is 1. The van der Waals surface area contributed by atoms with Gasteiger partial charge in [-0.15, -0.1) is 0 Å². The summed E-state index contributed by atoms with van der Waals surface area (Å²) in [5.41, 5.74) is 3.48. The lowest BCUT2D eigenvalue weighted by Gasteiger charge is -2.12. The SMILES string of the molecule is COc1ccccc1OCCCn1c(Cc2ccccc2)nc2ccccc21. The molecule has 142 valence electrons. The molecular formula is C24H24N2O2. The molecule has 0 fully saturated rings. The van der Waals surface area contributed by atoms with Gasteiger partial charge in [-0.1, -0.05) is 54.6 Å². The van der Waals surface area contributed by atoms with Crippen molar-refractivity contribution in [3.8, 4) is 11.5 Å². The Balaban J connectivity index is 1.48. The van der Waals surface area contributed by atoms with E-state index in [1.54, 1.807) is 7.11 Å². The zero-order chi connectivity index (χ0) is 19.2. The molecular weight excluding hydrogens is 348 g/mol. The highest BCUT2D eigenvalue weighted by Crippen LogP contribution is 2.26. The van der Waals surface area contributed by atoms with Gasteiger partial charge in [-0.25, -0.2) is 4.98 Å². The van der Waals surface area contributed by atoms with Crippen molar-refractivity contribution in [3.05, 3.63) is 90.3 Å². The zero-order valence-electron chi connectivity index (χ0n) is 16.0. The molecule has 28 heavy (non-hydrogen) atoms. The first-order valence-corrected chi connectivity index (χ1v) is 9.59. The number of rotatable bonds is 8. The number of benzene rings is 3. The third kappa shape index (κ3) is 4.01. The van der Waals surface area contributed by atoms with Crippen LogP contribution in [-0.2, 0) is 13.0 Å². The fraction of sp³-hybridized carbons (Fsp3) is 0.208. The standard InChI is InChI=1S/C24H24N2O2/c1-27-22-14-7-8-15-23(22)28-17-9-16-26-21-13-6-5-12-20(21)25-24(26)18-19-10-3-2-4-11-19/h2-8,10-15H,9,16-18H2,1H3. The third-order valence-electron chi connectivity index (χ3n) is 4.79. The van der Waals surface area contributed by atoms with Crippen LogP contribution in [0, 0.1) is 0 Å². The number of aryl methyl sites for hydroxylation is 1. The predicted molar refractivity (Wildman–Crippen MR) is 112 cm³/mol. The maximum atomic E-state index is 5.94. The lowest BCUT2D eigenvalue weighted by atomic mass is 10.1. The predicted octanol–water partition coefficient (Wildman–Crippen LogP) is 5.10. The molecule has 4 nitrogen and oxygen atoms in total. The Labute approximate surface area is 165 Å². The number of hydrogen-bond acceptors (Lipinski definition) is 3. The molecule has 0 aliphatic heterocycles. The maximum absolute atomic E-state index is 5.94. The fourth-order valence-corrected chi connectivity index (χ4v) is 3.43. The molecule has 4 heteroatoms. The van der Waals surface area contributed by atoms with E-state index in [1.165, 1.54) is 11.1 Å². The Morgan fingerprint density at radius 3 is 2.36 bits per heavy atom. The van der Waals surface area contributed by atoms with Crippen LogP contribution in [0.15, 0.2) is 78.9 Å². The summed E-state index contributed by atoms with van der Waals surface area (Å²) in [6, 6.07) is 26.6. The number of ether oxygens (including phenoxy) is 2. The van der Waals surface area contributed by atoms with Gasteiger partial charge in [0.05, 0.1) is 24.8 Å². The minimum absolute atomic E-state index is 0.623. The molecule has 1 aromatic heterocycles. The van der Waals surface area contributed by atoms with Crippen LogP contribution in [0.25, 0.3) is 11.0 Å². The van der Waals surface area contributed by atoms with Crippen LogP contribution in [-0.4, -0.2) is 23.3 Å². The van der Waals surface area contributed by atoms with Crippen LogP contribution in [0.3, 0.4) is 0 Å². The molecule has 0 saturated carbocycles. The van der Waals surface area contributed by atoms with E-state index < -0.39 is 0 Å². The van der Waals surface area contributed by atoms with E-state index >= 15 is 0 Å². The molecule has 0 amide bonds. The highest BCUT2D eigenvalue weighted by molar-refractivity contribution is 5.76. The van der Waals surface area contributed by atoms with E-state index in [-0.39, 0.29) is 0 Å². The zero-order valence-corrected chi connectivity index (χ0v) is 16.0. The Hall–Kier alpha value is -3.27. The summed E-state index contributed by atoms with van der Waals surface area (Å²) in [4.78, 5) is 4.87. The lowest BCUT2D eigenvalue weighted by molar-refractivity contribution is 0.283. The van der Waals surface area contributed by atoms with Crippen LogP contribution >= 0.6 is 0 Å². The first-order chi connectivity index (χ1) is 13.8. The van der Waals surface area contributed by atoms with Crippen LogP contribution in [0.1, 0.15) is 17.8 Å². The van der Waals surface area contributed by atoms with Crippen molar-refractivity contribution in [2.75, 3.05) is 13.7 Å². The Kier molecular flexibility index (Phi) is 5.57. The number of aromatic nitrogens is 2. The van der Waals surface area contributed by atoms with Crippen molar-refractivity contribution >= 4 is 11.0 Å². The van der Waals surface area contributed by atoms with E-state index in [2.05, 4.69) is 47.0 Å². The highest BCUT2D eigenvalue weighted by Gasteiger charge is 2.11. The molecule has 0 bridgehead atoms. The molecule has 0 aliphatic rings. The summed E-state index contributed by atoms with van der Waals surface area (Å²) in [6.45, 7) is 1.48. The first-order valence-electron chi connectivity index (χ1n) is 9.59. The van der Waals surface area contributed by atoms with Crippen LogP contribution in [0.2, 0.25) is 0 Å². The lowest BCUT2D eigenvalue weighted by Crippen LogP contribution is -2.08. The fourth-order valence-electron chi connectivity index (χ4n) is 3.43. The van der Waals surface area contributed by atoms with Crippen molar-refractivity contribution in [2.24, 2.45) is 0 Å². The minimum Gasteiger partial charge on any atom is -0.493 e. The molecule has 0 spiro atoms. The largest absolute Gasteiger partial charge is 0.493 e. The smallest absolute Gasteiger partial charge is 0.161 e. The summed E-state index contributed by atoms with van der Waals surface area (Å²) in [6.07, 6.45) is 1.71. The van der Waals surface area contributed by atoms with Gasteiger partial charge in [-0.05, 0) is 36.2 Å². The summed E-state index contributed by atoms with van der Waals surface area (Å²) in [5, 5.41) is 0. The van der Waals surface area contributed by atoms with Gasteiger partial charge in [0.2, 0.25) is 0 Å². The van der Waals surface area contributed by atoms with Gasteiger partial charge >= 0.3 is 0 Å². The quantitative estimate of drug-likeness (QED) is 0.404. The van der Waals surface area contributed by atoms with Crippen molar-refractivity contribution in [1.29, 1.82) is 0 Å². The second-order valence-corrected chi connectivity index (χ2v) is 6.68. The summed E-state index contributed by atoms with van der Waals surface area (Å²) in [7, 11) is 1.66. The number of methoxy groups -OCH3 is 1. The number of hydrogen-bond donors (Lipinski definition) is 0. The molecule has 0 unspecified atom stereocenters. The molecule has 0 saturated heterocycles. The van der Waals surface area contributed by atoms with E-state index in [0.29, 0.717) is 6.61 Å². The first kappa shape index (κ1) is 18.1. The second kappa shape index (κ2) is 8.61. The number of nitrogens with zero attached hydrogens (tertiary/aromatic N) is 2. The minimum atomic E-state index is 0.623. The summed E-state index contributed by atoms with van der Waals surface area (Å²) >= 11 is 0. The van der Waals surface area contributed by atoms with Gasteiger partial charge in [-0.3, -0.25) is 0 Å². The summed E-state index contributed by atoms with van der Waals surface area (Å²) in [5.74, 6) is 2.63. The Bertz CT molecular complexity index is 1040. The van der Waals surface area contributed by atoms with Gasteiger partial charge in [0.15, 0.2) is 11.5 Å². The molecule has 4 rings (SSSR count). The monoisotopic (exact) mass is 372 g/mol. The van der Waals surface area contributed by atoms with E-state index in [0.717, 1.165) is 42.2 Å². The third-order valence-corrected chi connectivity index (χ3v) is 4.79. The van der Waals surface area contributed by atoms with Crippen molar-refractivity contribution in [3.63, 3.8) is 0 Å². The molecule has 3 aromatic carbocycles. The van der Waals surface area contributed by atoms with E-state index in [4.69, 9.17) is 14.5 Å². The average Bonchev–Trinajstić information content (AvgIpc) is 3.09. The van der Waals surface area contributed by atoms with Gasteiger partial charge in [0.1, 0.15) is 5.82 Å². The Morgan fingerprint density at radius 2 is 1.54 bits per heavy atom. The average molecular weight is 372 g/mol. The molecule has 0 atom stereocenters. The van der Waals surface area contributed by atoms with Crippen molar-refractivity contribution in [1.82, 2.24) is 9.55 Å². The van der Waals surface area contributed by atoms with Gasteiger partial charge < -0.3 is 14.0 Å². The van der Waals surface area contributed by atoms with Crippen LogP contribution < -0.4 is 9.47 Å². The summed E-state index contributed by atoms with van der Waals surface area (Å²) < 4.78 is 13.6. The molecule has 1 heterocycles. The van der Waals surface area contributed by atoms with E-state index in [1.807, 2.05) is 36.4 Å². The Morgan fingerprint density at radius 1 is 0.821 bits per heavy atom. The highest BCUT2D eigenvalue weighted by atomic mass is 16.5. The van der Waals surface area contributed by atoms with Crippen molar-refractivity contribution < 1.29 is 9.47 Å². The molecule has 0 N–H and O–H groups in total. The molecule has 4 aromatic rings. The van der Waals surface area contributed by atoms with Crippen LogP contribution in [0.4, 0.5) is 0 Å². The second-order valence-electron chi connectivity index (χ2n) is 6.68. The van der Waals surface area contributed by atoms with Gasteiger partial charge in [0.25, 0.3) is 0 Å². The maximum Gasteiger partial charge on any atom is 0.161 e. The van der Waals surface area contributed by atoms with E-state index in [9.17, 15) is 0 Å². The van der Waals surface area contributed by atoms with Crippen molar-refractivity contribution in [2.45, 2.75) is 19.4 Å². The normalized spacial score (nSPS) is 10.9. The number of para-hydroxylation sites is 4. The van der Waals surface area contributed by atoms with Gasteiger partial charge in [-0.2, -0.15) is 0 Å². The molecule has 0 aliphatic carbocycles. The van der Waals surface area contributed by atoms with Gasteiger partial charge in [0, 0.05) is 13.0 Å². The van der Waals surface area contributed by atoms with Crippen LogP contribution in [0.5, 0.6) is 11.5 Å².